The molecule has 3 amide bonds. The van der Waals surface area contributed by atoms with Crippen LogP contribution in [0.15, 0.2) is 18.2 Å². The molecule has 2 aliphatic rings. The molecule has 3 N–H and O–H groups in total. The number of halogens is 1. The third kappa shape index (κ3) is 2.64. The highest BCUT2D eigenvalue weighted by Crippen LogP contribution is 2.28. The van der Waals surface area contributed by atoms with Crippen LogP contribution in [0.2, 0.25) is 5.02 Å². The Bertz CT molecular complexity index is 607. The lowest BCUT2D eigenvalue weighted by Gasteiger charge is -2.24. The van der Waals surface area contributed by atoms with Crippen LogP contribution in [0.4, 0.5) is 10.5 Å². The molecule has 0 saturated carbocycles. The van der Waals surface area contributed by atoms with Crippen molar-refractivity contribution in [3.05, 3.63) is 28.8 Å². The normalized spacial score (nSPS) is 21.4. The second kappa shape index (κ2) is 6.14. The third-order valence-corrected chi connectivity index (χ3v) is 4.59. The van der Waals surface area contributed by atoms with Crippen molar-refractivity contribution in [1.29, 1.82) is 0 Å². The summed E-state index contributed by atoms with van der Waals surface area (Å²) in [5.41, 5.74) is 6.85. The molecule has 118 valence electrons. The number of benzene rings is 1. The Morgan fingerprint density at radius 3 is 2.91 bits per heavy atom. The van der Waals surface area contributed by atoms with E-state index in [-0.39, 0.29) is 18.0 Å². The molecule has 0 spiro atoms. The van der Waals surface area contributed by atoms with Gasteiger partial charge in [-0.25, -0.2) is 4.79 Å². The summed E-state index contributed by atoms with van der Waals surface area (Å²) < 4.78 is 0. The second-order valence-corrected chi connectivity index (χ2v) is 5.99. The first-order valence-electron chi connectivity index (χ1n) is 7.48. The SMILES string of the molecule is NCC1CCCN1C(=O)c1cc(N2CCNC2=O)ccc1Cl. The molecule has 2 fully saturated rings. The number of anilines is 1. The van der Waals surface area contributed by atoms with Gasteiger partial charge in [-0.1, -0.05) is 11.6 Å². The number of carbonyl (C=O) groups is 2. The van der Waals surface area contributed by atoms with Gasteiger partial charge in [0.2, 0.25) is 0 Å². The first kappa shape index (κ1) is 15.1. The molecule has 2 heterocycles. The predicted octanol–water partition coefficient (Wildman–Crippen LogP) is 1.43. The van der Waals surface area contributed by atoms with E-state index in [1.807, 2.05) is 0 Å². The van der Waals surface area contributed by atoms with Crippen LogP contribution in [0.3, 0.4) is 0 Å². The van der Waals surface area contributed by atoms with Crippen LogP contribution < -0.4 is 16.0 Å². The van der Waals surface area contributed by atoms with Gasteiger partial charge in [-0.3, -0.25) is 9.69 Å². The molecule has 1 atom stereocenters. The lowest BCUT2D eigenvalue weighted by atomic mass is 10.1. The van der Waals surface area contributed by atoms with Crippen molar-refractivity contribution in [1.82, 2.24) is 10.2 Å². The number of hydrogen-bond acceptors (Lipinski definition) is 3. The minimum Gasteiger partial charge on any atom is -0.336 e. The zero-order chi connectivity index (χ0) is 15.7. The standard InChI is InChI=1S/C15H19ClN4O2/c16-13-4-3-10(20-7-5-18-15(20)22)8-12(13)14(21)19-6-1-2-11(19)9-17/h3-4,8,11H,1-2,5-7,9,17H2,(H,18,22). The summed E-state index contributed by atoms with van der Waals surface area (Å²) >= 11 is 6.21. The number of rotatable bonds is 3. The summed E-state index contributed by atoms with van der Waals surface area (Å²) in [6.07, 6.45) is 1.88. The average Bonchev–Trinajstić information content (AvgIpc) is 3.15. The Morgan fingerprint density at radius 1 is 1.41 bits per heavy atom. The van der Waals surface area contributed by atoms with E-state index in [4.69, 9.17) is 17.3 Å². The Hall–Kier alpha value is -1.79. The van der Waals surface area contributed by atoms with E-state index in [1.54, 1.807) is 28.0 Å². The molecule has 0 aliphatic carbocycles. The van der Waals surface area contributed by atoms with Gasteiger partial charge in [0.05, 0.1) is 10.6 Å². The van der Waals surface area contributed by atoms with Crippen molar-refractivity contribution < 1.29 is 9.59 Å². The number of urea groups is 1. The number of nitrogens with two attached hydrogens (primary N) is 1. The van der Waals surface area contributed by atoms with E-state index in [2.05, 4.69) is 5.32 Å². The van der Waals surface area contributed by atoms with E-state index in [9.17, 15) is 9.59 Å². The highest BCUT2D eigenvalue weighted by molar-refractivity contribution is 6.34. The molecular formula is C15H19ClN4O2. The van der Waals surface area contributed by atoms with Gasteiger partial charge >= 0.3 is 6.03 Å². The number of nitrogens with one attached hydrogen (secondary N) is 1. The zero-order valence-corrected chi connectivity index (χ0v) is 13.0. The average molecular weight is 323 g/mol. The Labute approximate surface area is 134 Å². The molecule has 0 aromatic heterocycles. The first-order chi connectivity index (χ1) is 10.6. The fourth-order valence-electron chi connectivity index (χ4n) is 3.07. The zero-order valence-electron chi connectivity index (χ0n) is 12.2. The Balaban J connectivity index is 1.89. The molecule has 2 aliphatic heterocycles. The van der Waals surface area contributed by atoms with E-state index >= 15 is 0 Å². The van der Waals surface area contributed by atoms with Gasteiger partial charge in [0.15, 0.2) is 0 Å². The quantitative estimate of drug-likeness (QED) is 0.883. The largest absolute Gasteiger partial charge is 0.336 e. The van der Waals surface area contributed by atoms with Crippen molar-refractivity contribution in [3.8, 4) is 0 Å². The number of likely N-dealkylation sites (tertiary alicyclic amines) is 1. The number of amides is 3. The summed E-state index contributed by atoms with van der Waals surface area (Å²) in [5.74, 6) is -0.112. The van der Waals surface area contributed by atoms with Gasteiger partial charge < -0.3 is 16.0 Å². The number of hydrogen-bond donors (Lipinski definition) is 2. The maximum atomic E-state index is 12.8. The lowest BCUT2D eigenvalue weighted by Crippen LogP contribution is -2.40. The number of carbonyl (C=O) groups excluding carboxylic acids is 2. The highest BCUT2D eigenvalue weighted by Gasteiger charge is 2.30. The van der Waals surface area contributed by atoms with Crippen molar-refractivity contribution in [3.63, 3.8) is 0 Å². The van der Waals surface area contributed by atoms with Gasteiger partial charge in [-0.2, -0.15) is 0 Å². The summed E-state index contributed by atoms with van der Waals surface area (Å²) in [5, 5.41) is 3.14. The van der Waals surface area contributed by atoms with Crippen LogP contribution in [0, 0.1) is 0 Å². The molecule has 0 radical (unpaired) electrons. The smallest absolute Gasteiger partial charge is 0.321 e. The summed E-state index contributed by atoms with van der Waals surface area (Å²) in [6, 6.07) is 5.04. The monoisotopic (exact) mass is 322 g/mol. The molecule has 2 saturated heterocycles. The molecule has 6 nitrogen and oxygen atoms in total. The molecule has 3 rings (SSSR count). The summed E-state index contributed by atoms with van der Waals surface area (Å²) in [7, 11) is 0. The van der Waals surface area contributed by atoms with Crippen molar-refractivity contribution in [2.45, 2.75) is 18.9 Å². The van der Waals surface area contributed by atoms with Crippen molar-refractivity contribution >= 4 is 29.2 Å². The Morgan fingerprint density at radius 2 is 2.23 bits per heavy atom. The molecule has 1 aromatic carbocycles. The summed E-state index contributed by atoms with van der Waals surface area (Å²) in [6.45, 7) is 2.35. The fraction of sp³-hybridized carbons (Fsp3) is 0.467. The fourth-order valence-corrected chi connectivity index (χ4v) is 3.26. The van der Waals surface area contributed by atoms with E-state index in [1.165, 1.54) is 0 Å². The van der Waals surface area contributed by atoms with Crippen LogP contribution in [0.1, 0.15) is 23.2 Å². The maximum absolute atomic E-state index is 12.8. The molecule has 22 heavy (non-hydrogen) atoms. The van der Waals surface area contributed by atoms with E-state index < -0.39 is 0 Å². The molecule has 0 bridgehead atoms. The van der Waals surface area contributed by atoms with Crippen LogP contribution >= 0.6 is 11.6 Å². The predicted molar refractivity (Wildman–Crippen MR) is 85.3 cm³/mol. The minimum atomic E-state index is -0.151. The van der Waals surface area contributed by atoms with Gasteiger partial charge in [0.1, 0.15) is 0 Å². The van der Waals surface area contributed by atoms with Crippen LogP contribution in [-0.2, 0) is 0 Å². The third-order valence-electron chi connectivity index (χ3n) is 4.26. The van der Waals surface area contributed by atoms with Crippen LogP contribution in [0.5, 0.6) is 0 Å². The Kier molecular flexibility index (Phi) is 4.22. The second-order valence-electron chi connectivity index (χ2n) is 5.58. The van der Waals surface area contributed by atoms with Crippen LogP contribution in [-0.4, -0.2) is 49.1 Å². The van der Waals surface area contributed by atoms with Gasteiger partial charge in [-0.15, -0.1) is 0 Å². The highest BCUT2D eigenvalue weighted by atomic mass is 35.5. The molecule has 1 unspecified atom stereocenters. The van der Waals surface area contributed by atoms with Gasteiger partial charge in [-0.05, 0) is 31.0 Å². The first-order valence-corrected chi connectivity index (χ1v) is 7.85. The molecular weight excluding hydrogens is 304 g/mol. The minimum absolute atomic E-state index is 0.0716. The summed E-state index contributed by atoms with van der Waals surface area (Å²) in [4.78, 5) is 27.9. The van der Waals surface area contributed by atoms with E-state index in [0.717, 1.165) is 12.8 Å². The van der Waals surface area contributed by atoms with Crippen molar-refractivity contribution in [2.75, 3.05) is 31.1 Å². The molecule has 7 heteroatoms. The lowest BCUT2D eigenvalue weighted by molar-refractivity contribution is 0.0741. The maximum Gasteiger partial charge on any atom is 0.321 e. The van der Waals surface area contributed by atoms with E-state index in [0.29, 0.717) is 42.5 Å². The van der Waals surface area contributed by atoms with Gasteiger partial charge in [0, 0.05) is 37.9 Å². The number of nitrogens with zero attached hydrogens (tertiary/aromatic N) is 2. The van der Waals surface area contributed by atoms with Crippen LogP contribution in [0.25, 0.3) is 0 Å². The molecule has 1 aromatic rings. The topological polar surface area (TPSA) is 78.7 Å². The van der Waals surface area contributed by atoms with Gasteiger partial charge in [0.25, 0.3) is 5.91 Å². The van der Waals surface area contributed by atoms with Crippen molar-refractivity contribution in [2.24, 2.45) is 5.73 Å².